The zero-order valence-electron chi connectivity index (χ0n) is 11.7. The van der Waals surface area contributed by atoms with Crippen molar-refractivity contribution >= 4 is 23.5 Å². The summed E-state index contributed by atoms with van der Waals surface area (Å²) in [6.45, 7) is 1.77. The Hall–Kier alpha value is -2.21. The number of allylic oxidation sites excluding steroid dienone is 2. The molecule has 1 atom stereocenters. The minimum absolute atomic E-state index is 0.188. The Morgan fingerprint density at radius 1 is 1.52 bits per heavy atom. The number of anilines is 1. The summed E-state index contributed by atoms with van der Waals surface area (Å²) >= 11 is 1.74. The van der Waals surface area contributed by atoms with Crippen LogP contribution >= 0.6 is 11.3 Å². The van der Waals surface area contributed by atoms with E-state index >= 15 is 0 Å². The number of hydrazone groups is 1. The van der Waals surface area contributed by atoms with E-state index in [-0.39, 0.29) is 5.56 Å². The summed E-state index contributed by atoms with van der Waals surface area (Å²) in [7, 11) is 0. The highest BCUT2D eigenvalue weighted by atomic mass is 32.1. The van der Waals surface area contributed by atoms with Crippen molar-refractivity contribution in [2.24, 2.45) is 5.10 Å². The first kappa shape index (κ1) is 13.8. The van der Waals surface area contributed by atoms with Gasteiger partial charge in [0.15, 0.2) is 0 Å². The van der Waals surface area contributed by atoms with Gasteiger partial charge in [-0.3, -0.25) is 9.78 Å². The molecule has 2 N–H and O–H groups in total. The van der Waals surface area contributed by atoms with Gasteiger partial charge in [0.05, 0.1) is 6.21 Å². The molecule has 2 aromatic heterocycles. The summed E-state index contributed by atoms with van der Waals surface area (Å²) in [5.41, 5.74) is 3.22. The molecular weight excluding hydrogens is 284 g/mol. The molecule has 0 bridgehead atoms. The number of nitrogens with one attached hydrogen (secondary N) is 2. The minimum atomic E-state index is -0.188. The molecule has 0 saturated heterocycles. The lowest BCUT2D eigenvalue weighted by Crippen LogP contribution is -2.10. The number of hydrogen-bond donors (Lipinski definition) is 2. The maximum Gasteiger partial charge on any atom is 0.252 e. The molecule has 21 heavy (non-hydrogen) atoms. The highest BCUT2D eigenvalue weighted by Gasteiger charge is 2.13. The Balaban J connectivity index is 1.66. The smallest absolute Gasteiger partial charge is 0.252 e. The second-order valence-electron chi connectivity index (χ2n) is 4.96. The molecule has 0 amide bonds. The fourth-order valence-electron chi connectivity index (χ4n) is 2.30. The van der Waals surface area contributed by atoms with Gasteiger partial charge in [0.25, 0.3) is 5.56 Å². The molecule has 0 spiro atoms. The summed E-state index contributed by atoms with van der Waals surface area (Å²) < 4.78 is 0. The third kappa shape index (κ3) is 3.46. The van der Waals surface area contributed by atoms with Crippen LogP contribution in [0.2, 0.25) is 0 Å². The number of thiophene rings is 1. The van der Waals surface area contributed by atoms with Crippen LogP contribution in [0.5, 0.6) is 0 Å². The Morgan fingerprint density at radius 2 is 2.43 bits per heavy atom. The lowest BCUT2D eigenvalue weighted by Gasteiger charge is -2.02. The molecule has 0 aromatic carbocycles. The van der Waals surface area contributed by atoms with E-state index in [4.69, 9.17) is 0 Å². The van der Waals surface area contributed by atoms with Crippen molar-refractivity contribution in [3.05, 3.63) is 56.2 Å². The van der Waals surface area contributed by atoms with Gasteiger partial charge in [0.2, 0.25) is 5.95 Å². The summed E-state index contributed by atoms with van der Waals surface area (Å²) in [6, 6.07) is 5.65. The van der Waals surface area contributed by atoms with E-state index in [1.54, 1.807) is 24.5 Å². The SMILES string of the molecule is Cc1cc(=O)[nH]c(N/N=C/c2ccc(C3C=CCC3)s2)n1. The second-order valence-corrected chi connectivity index (χ2v) is 6.10. The average Bonchev–Trinajstić information content (AvgIpc) is 3.08. The average molecular weight is 300 g/mol. The Labute approximate surface area is 126 Å². The molecule has 0 aliphatic heterocycles. The fourth-order valence-corrected chi connectivity index (χ4v) is 3.29. The van der Waals surface area contributed by atoms with E-state index < -0.39 is 0 Å². The van der Waals surface area contributed by atoms with Gasteiger partial charge in [-0.05, 0) is 31.9 Å². The largest absolute Gasteiger partial charge is 0.291 e. The molecule has 1 aliphatic carbocycles. The third-order valence-corrected chi connectivity index (χ3v) is 4.41. The Morgan fingerprint density at radius 3 is 3.19 bits per heavy atom. The number of aromatic amines is 1. The molecule has 2 heterocycles. The number of aryl methyl sites for hydroxylation is 1. The van der Waals surface area contributed by atoms with Crippen LogP contribution in [-0.2, 0) is 0 Å². The highest BCUT2D eigenvalue weighted by Crippen LogP contribution is 2.32. The summed E-state index contributed by atoms with van der Waals surface area (Å²) in [5.74, 6) is 0.909. The summed E-state index contributed by atoms with van der Waals surface area (Å²) in [4.78, 5) is 20.5. The summed E-state index contributed by atoms with van der Waals surface area (Å²) in [5, 5.41) is 4.12. The van der Waals surface area contributed by atoms with E-state index in [1.807, 2.05) is 0 Å². The second kappa shape index (κ2) is 6.05. The topological polar surface area (TPSA) is 70.1 Å². The van der Waals surface area contributed by atoms with Crippen molar-refractivity contribution < 1.29 is 0 Å². The first-order valence-electron chi connectivity index (χ1n) is 6.84. The maximum atomic E-state index is 11.3. The molecule has 1 unspecified atom stereocenters. The van der Waals surface area contributed by atoms with Crippen LogP contribution in [0.25, 0.3) is 0 Å². The monoisotopic (exact) mass is 300 g/mol. The predicted octanol–water partition coefficient (Wildman–Crippen LogP) is 3.02. The van der Waals surface area contributed by atoms with Gasteiger partial charge in [0.1, 0.15) is 0 Å². The van der Waals surface area contributed by atoms with Crippen LogP contribution in [0.15, 0.2) is 40.2 Å². The zero-order valence-corrected chi connectivity index (χ0v) is 12.5. The molecule has 108 valence electrons. The van der Waals surface area contributed by atoms with Gasteiger partial charge in [-0.1, -0.05) is 12.2 Å². The molecule has 3 rings (SSSR count). The van der Waals surface area contributed by atoms with Crippen LogP contribution in [0.1, 0.15) is 34.2 Å². The van der Waals surface area contributed by atoms with E-state index in [2.05, 4.69) is 44.8 Å². The van der Waals surface area contributed by atoms with Crippen molar-refractivity contribution in [3.63, 3.8) is 0 Å². The Bertz CT molecular complexity index is 744. The standard InChI is InChI=1S/C15H16N4OS/c1-10-8-14(20)18-15(17-10)19-16-9-12-6-7-13(21-12)11-4-2-3-5-11/h2,4,6-9,11H,3,5H2,1H3,(H2,17,18,19,20)/b16-9+. The molecule has 0 fully saturated rings. The minimum Gasteiger partial charge on any atom is -0.291 e. The van der Waals surface area contributed by atoms with E-state index in [0.29, 0.717) is 17.6 Å². The van der Waals surface area contributed by atoms with Crippen molar-refractivity contribution in [1.82, 2.24) is 9.97 Å². The molecule has 2 aromatic rings. The summed E-state index contributed by atoms with van der Waals surface area (Å²) in [6.07, 6.45) is 8.62. The van der Waals surface area contributed by atoms with Gasteiger partial charge in [-0.2, -0.15) is 5.10 Å². The predicted molar refractivity (Wildman–Crippen MR) is 86.2 cm³/mol. The van der Waals surface area contributed by atoms with Gasteiger partial charge in [0, 0.05) is 27.4 Å². The van der Waals surface area contributed by atoms with Gasteiger partial charge < -0.3 is 0 Å². The van der Waals surface area contributed by atoms with E-state index in [0.717, 1.165) is 4.88 Å². The molecule has 6 heteroatoms. The normalized spacial score (nSPS) is 17.7. The maximum absolute atomic E-state index is 11.3. The fraction of sp³-hybridized carbons (Fsp3) is 0.267. The van der Waals surface area contributed by atoms with Crippen LogP contribution < -0.4 is 11.0 Å². The van der Waals surface area contributed by atoms with Crippen molar-refractivity contribution in [2.75, 3.05) is 5.43 Å². The number of nitrogens with zero attached hydrogens (tertiary/aromatic N) is 2. The van der Waals surface area contributed by atoms with Crippen LogP contribution in [0.4, 0.5) is 5.95 Å². The lowest BCUT2D eigenvalue weighted by atomic mass is 10.1. The van der Waals surface area contributed by atoms with Gasteiger partial charge in [-0.25, -0.2) is 10.4 Å². The number of hydrogen-bond acceptors (Lipinski definition) is 5. The van der Waals surface area contributed by atoms with Crippen LogP contribution in [0, 0.1) is 6.92 Å². The quantitative estimate of drug-likeness (QED) is 0.518. The van der Waals surface area contributed by atoms with Gasteiger partial charge in [-0.15, -0.1) is 11.3 Å². The van der Waals surface area contributed by atoms with Crippen molar-refractivity contribution in [2.45, 2.75) is 25.7 Å². The molecule has 0 saturated carbocycles. The third-order valence-electron chi connectivity index (χ3n) is 3.26. The van der Waals surface area contributed by atoms with E-state index in [9.17, 15) is 4.79 Å². The van der Waals surface area contributed by atoms with E-state index in [1.165, 1.54) is 23.8 Å². The number of rotatable bonds is 4. The number of aromatic nitrogens is 2. The zero-order chi connectivity index (χ0) is 14.7. The van der Waals surface area contributed by atoms with Crippen molar-refractivity contribution in [1.29, 1.82) is 0 Å². The number of H-pyrrole nitrogens is 1. The first-order chi connectivity index (χ1) is 10.2. The molecule has 1 aliphatic rings. The molecule has 5 nitrogen and oxygen atoms in total. The van der Waals surface area contributed by atoms with Gasteiger partial charge >= 0.3 is 0 Å². The highest BCUT2D eigenvalue weighted by molar-refractivity contribution is 7.13. The molecular formula is C15H16N4OS. The molecule has 0 radical (unpaired) electrons. The van der Waals surface area contributed by atoms with Crippen LogP contribution in [0.3, 0.4) is 0 Å². The van der Waals surface area contributed by atoms with Crippen LogP contribution in [-0.4, -0.2) is 16.2 Å². The first-order valence-corrected chi connectivity index (χ1v) is 7.66. The lowest BCUT2D eigenvalue weighted by molar-refractivity contribution is 0.815. The Kier molecular flexibility index (Phi) is 3.96. The van der Waals surface area contributed by atoms with Crippen molar-refractivity contribution in [3.8, 4) is 0 Å².